The zero-order valence-corrected chi connectivity index (χ0v) is 34.7. The van der Waals surface area contributed by atoms with Gasteiger partial charge in [0.1, 0.15) is 6.61 Å². The van der Waals surface area contributed by atoms with Gasteiger partial charge in [0.2, 0.25) is 0 Å². The number of nitrogens with two attached hydrogens (primary N) is 1. The lowest BCUT2D eigenvalue weighted by atomic mass is 10.0. The molecule has 0 aliphatic rings. The molecule has 0 saturated heterocycles. The van der Waals surface area contributed by atoms with Gasteiger partial charge in [0.15, 0.2) is 0 Å². The Morgan fingerprint density at radius 3 is 1.61 bits per heavy atom. The van der Waals surface area contributed by atoms with Gasteiger partial charge in [0, 0.05) is 27.7 Å². The number of hydrogen-bond donors (Lipinski definition) is 6. The Balaban J connectivity index is 0.000000240. The van der Waals surface area contributed by atoms with Crippen molar-refractivity contribution >= 4 is 75.3 Å². The fourth-order valence-electron chi connectivity index (χ4n) is 6.20. The van der Waals surface area contributed by atoms with E-state index in [1.165, 1.54) is 12.7 Å². The average molecular weight is 884 g/mol. The number of ether oxygens (including phenoxy) is 1. The average Bonchev–Trinajstić information content (AvgIpc) is 3.26. The molecular weight excluding hydrogens is 843 g/mol. The van der Waals surface area contributed by atoms with Gasteiger partial charge in [-0.2, -0.15) is 0 Å². The molecule has 7 rings (SSSR count). The molecule has 14 nitrogen and oxygen atoms in total. The van der Waals surface area contributed by atoms with E-state index >= 15 is 0 Å². The maximum Gasteiger partial charge on any atom is 0.407 e. The van der Waals surface area contributed by atoms with E-state index in [2.05, 4.69) is 35.9 Å². The van der Waals surface area contributed by atoms with Gasteiger partial charge in [0.05, 0.1) is 46.5 Å². The summed E-state index contributed by atoms with van der Waals surface area (Å²) in [6, 6.07) is 32.7. The molecule has 2 heterocycles. The highest BCUT2D eigenvalue weighted by Gasteiger charge is 2.19. The molecule has 0 bridgehead atoms. The second-order valence-electron chi connectivity index (χ2n) is 13.4. The summed E-state index contributed by atoms with van der Waals surface area (Å²) >= 11 is 11.9. The number of benzene rings is 5. The van der Waals surface area contributed by atoms with E-state index in [1.807, 2.05) is 54.6 Å². The Labute approximate surface area is 365 Å². The summed E-state index contributed by atoms with van der Waals surface area (Å²) < 4.78 is 5.24. The van der Waals surface area contributed by atoms with Crippen LogP contribution in [0.2, 0.25) is 10.0 Å². The van der Waals surface area contributed by atoms with Crippen molar-refractivity contribution in [2.24, 2.45) is 5.73 Å². The third kappa shape index (κ3) is 12.7. The molecule has 0 fully saturated rings. The number of nitrogens with zero attached hydrogens (tertiary/aromatic N) is 2. The highest BCUT2D eigenvalue weighted by atomic mass is 35.5. The van der Waals surface area contributed by atoms with Crippen LogP contribution in [0.15, 0.2) is 138 Å². The zero-order chi connectivity index (χ0) is 42.4. The number of H-pyrrole nitrogens is 2. The minimum Gasteiger partial charge on any atom is -0.445 e. The van der Waals surface area contributed by atoms with Crippen LogP contribution in [0.25, 0.3) is 21.8 Å². The first-order chi connectivity index (χ1) is 29.1. The van der Waals surface area contributed by atoms with E-state index < -0.39 is 12.1 Å². The van der Waals surface area contributed by atoms with Gasteiger partial charge in [-0.25, -0.2) is 14.8 Å². The fourth-order valence-corrected chi connectivity index (χ4v) is 6.45. The van der Waals surface area contributed by atoms with E-state index in [1.54, 1.807) is 60.7 Å². The monoisotopic (exact) mass is 882 g/mol. The first-order valence-corrected chi connectivity index (χ1v) is 19.6. The van der Waals surface area contributed by atoms with Crippen molar-refractivity contribution in [1.82, 2.24) is 35.9 Å². The standard InChI is InChI=1S/C26H23ClN4O4.C18H17ClN4O2.ClH/c27-20-9-6-18(7-10-20)22(12-13-28-26(34)35-15-17-4-2-1-3-5-17)31-24(32)19-8-11-21-23(14-19)29-16-30-25(21)33;19-13-4-1-11(2-5-13)15(7-8-20)23-17(24)12-3-6-14-16(9-12)21-10-22-18(14)25;/h1-11,14,16,22H,12-13,15H2,(H,28,34)(H,31,32)(H,29,30,33);1-6,9-10,15H,7-8,20H2,(H,23,24)(H,21,22,25);1H. The number of aromatic amines is 2. The van der Waals surface area contributed by atoms with Gasteiger partial charge in [-0.15, -0.1) is 12.4 Å². The number of amides is 3. The fraction of sp³-hybridized carbons (Fsp3) is 0.159. The Morgan fingerprint density at radius 1 is 0.656 bits per heavy atom. The molecule has 0 aliphatic carbocycles. The van der Waals surface area contributed by atoms with Crippen molar-refractivity contribution in [3.05, 3.63) is 186 Å². The second kappa shape index (κ2) is 22.1. The van der Waals surface area contributed by atoms with E-state index in [0.717, 1.165) is 16.7 Å². The Morgan fingerprint density at radius 2 is 1.13 bits per heavy atom. The number of hydrogen-bond acceptors (Lipinski definition) is 9. The summed E-state index contributed by atoms with van der Waals surface area (Å²) in [4.78, 5) is 74.6. The van der Waals surface area contributed by atoms with Crippen LogP contribution < -0.4 is 32.8 Å². The number of alkyl carbamates (subject to hydrolysis) is 1. The summed E-state index contributed by atoms with van der Waals surface area (Å²) in [5.74, 6) is -0.585. The van der Waals surface area contributed by atoms with Crippen LogP contribution in [-0.4, -0.2) is 50.9 Å². The smallest absolute Gasteiger partial charge is 0.407 e. The summed E-state index contributed by atoms with van der Waals surface area (Å²) in [7, 11) is 0. The van der Waals surface area contributed by atoms with Crippen molar-refractivity contribution in [2.45, 2.75) is 31.5 Å². The predicted molar refractivity (Wildman–Crippen MR) is 238 cm³/mol. The highest BCUT2D eigenvalue weighted by molar-refractivity contribution is 6.30. The lowest BCUT2D eigenvalue weighted by Crippen LogP contribution is -2.33. The number of carbonyl (C=O) groups is 3. The van der Waals surface area contributed by atoms with E-state index in [9.17, 15) is 24.0 Å². The van der Waals surface area contributed by atoms with Crippen LogP contribution in [-0.2, 0) is 11.3 Å². The predicted octanol–water partition coefficient (Wildman–Crippen LogP) is 7.18. The maximum absolute atomic E-state index is 13.0. The number of halogens is 3. The van der Waals surface area contributed by atoms with Crippen LogP contribution in [0.1, 0.15) is 62.3 Å². The van der Waals surface area contributed by atoms with Crippen molar-refractivity contribution in [3.8, 4) is 0 Å². The van der Waals surface area contributed by atoms with Gasteiger partial charge in [-0.1, -0.05) is 77.8 Å². The van der Waals surface area contributed by atoms with E-state index in [4.69, 9.17) is 33.7 Å². The number of fused-ring (bicyclic) bond motifs is 2. The van der Waals surface area contributed by atoms with Crippen molar-refractivity contribution in [3.63, 3.8) is 0 Å². The molecule has 0 spiro atoms. The van der Waals surface area contributed by atoms with E-state index in [-0.39, 0.29) is 54.5 Å². The molecule has 0 radical (unpaired) electrons. The molecule has 3 amide bonds. The van der Waals surface area contributed by atoms with Gasteiger partial charge in [0.25, 0.3) is 22.9 Å². The van der Waals surface area contributed by atoms with E-state index in [0.29, 0.717) is 62.4 Å². The normalized spacial score (nSPS) is 11.6. The molecule has 2 atom stereocenters. The molecule has 61 heavy (non-hydrogen) atoms. The minimum absolute atomic E-state index is 0. The van der Waals surface area contributed by atoms with Crippen LogP contribution in [0, 0.1) is 0 Å². The third-order valence-electron chi connectivity index (χ3n) is 9.33. The van der Waals surface area contributed by atoms with Gasteiger partial charge < -0.3 is 36.4 Å². The second-order valence-corrected chi connectivity index (χ2v) is 14.3. The maximum atomic E-state index is 13.0. The van der Waals surface area contributed by atoms with Gasteiger partial charge in [-0.05, 0) is 96.7 Å². The number of carbonyl (C=O) groups excluding carboxylic acids is 3. The van der Waals surface area contributed by atoms with Crippen LogP contribution in [0.3, 0.4) is 0 Å². The van der Waals surface area contributed by atoms with Gasteiger partial charge >= 0.3 is 6.09 Å². The zero-order valence-electron chi connectivity index (χ0n) is 32.4. The molecule has 0 aliphatic heterocycles. The summed E-state index contributed by atoms with van der Waals surface area (Å²) in [5.41, 5.74) is 9.51. The molecule has 2 aromatic heterocycles. The van der Waals surface area contributed by atoms with Crippen LogP contribution in [0.5, 0.6) is 0 Å². The summed E-state index contributed by atoms with van der Waals surface area (Å²) in [6.45, 7) is 0.876. The molecule has 314 valence electrons. The number of rotatable bonds is 13. The van der Waals surface area contributed by atoms with Crippen molar-refractivity contribution in [2.75, 3.05) is 13.1 Å². The third-order valence-corrected chi connectivity index (χ3v) is 9.84. The SMILES string of the molecule is Cl.NCCC(NC(=O)c1ccc2c(=O)[nH]cnc2c1)c1ccc(Cl)cc1.O=C(NCCC(NC(=O)c1ccc2c(=O)[nH]cnc2c1)c1ccc(Cl)cc1)OCc1ccccc1. The lowest BCUT2D eigenvalue weighted by molar-refractivity contribution is 0.0926. The van der Waals surface area contributed by atoms with Crippen molar-refractivity contribution in [1.29, 1.82) is 0 Å². The first kappa shape index (κ1) is 45.5. The Bertz CT molecular complexity index is 2700. The highest BCUT2D eigenvalue weighted by Crippen LogP contribution is 2.22. The topological polar surface area (TPSA) is 214 Å². The molecule has 2 unspecified atom stereocenters. The molecule has 7 N–H and O–H groups in total. The number of aromatic nitrogens is 4. The molecule has 7 aromatic rings. The number of nitrogens with one attached hydrogen (secondary N) is 5. The van der Waals surface area contributed by atoms with Gasteiger partial charge in [-0.3, -0.25) is 19.2 Å². The summed E-state index contributed by atoms with van der Waals surface area (Å²) in [6.07, 6.45) is 3.09. The Hall–Kier alpha value is -6.58. The Kier molecular flexibility index (Phi) is 16.5. The molecule has 0 saturated carbocycles. The molecular formula is C44H41Cl3N8O6. The van der Waals surface area contributed by atoms with Crippen LogP contribution >= 0.6 is 35.6 Å². The first-order valence-electron chi connectivity index (χ1n) is 18.8. The summed E-state index contributed by atoms with van der Waals surface area (Å²) in [5, 5.41) is 10.7. The van der Waals surface area contributed by atoms with Crippen LogP contribution in [0.4, 0.5) is 4.79 Å². The van der Waals surface area contributed by atoms with Crippen molar-refractivity contribution < 1.29 is 19.1 Å². The molecule has 5 aromatic carbocycles. The quantitative estimate of drug-likeness (QED) is 0.0691. The molecule has 17 heteroatoms. The largest absolute Gasteiger partial charge is 0.445 e. The minimum atomic E-state index is -0.541. The lowest BCUT2D eigenvalue weighted by Gasteiger charge is -2.20.